The molecule has 1 aromatic heterocycles. The summed E-state index contributed by atoms with van der Waals surface area (Å²) in [6.45, 7) is 2.11. The Hall–Kier alpha value is -1.25. The summed E-state index contributed by atoms with van der Waals surface area (Å²) in [6, 6.07) is 11.2. The summed E-state index contributed by atoms with van der Waals surface area (Å²) in [7, 11) is 0. The van der Waals surface area contributed by atoms with Crippen molar-refractivity contribution in [2.75, 3.05) is 0 Å². The first-order chi connectivity index (χ1) is 9.22. The molecule has 0 fully saturated rings. The molecule has 0 radical (unpaired) electrons. The second-order valence-electron chi connectivity index (χ2n) is 4.22. The highest BCUT2D eigenvalue weighted by molar-refractivity contribution is 6.32. The minimum atomic E-state index is 0.443. The molecule has 0 bridgehead atoms. The minimum Gasteiger partial charge on any atom is -0.437 e. The number of nitrogens with zero attached hydrogens (tertiary/aromatic N) is 1. The van der Waals surface area contributed by atoms with Crippen LogP contribution in [0.2, 0.25) is 5.02 Å². The molecule has 0 atom stereocenters. The molecule has 2 nitrogen and oxygen atoms in total. The van der Waals surface area contributed by atoms with E-state index in [1.54, 1.807) is 6.07 Å². The van der Waals surface area contributed by atoms with Gasteiger partial charge >= 0.3 is 0 Å². The molecular weight excluding hydrogens is 281 g/mol. The molecule has 100 valence electrons. The van der Waals surface area contributed by atoms with Gasteiger partial charge in [0.1, 0.15) is 5.75 Å². The Bertz CT molecular complexity index is 558. The van der Waals surface area contributed by atoms with Crippen molar-refractivity contribution in [2.24, 2.45) is 0 Å². The van der Waals surface area contributed by atoms with Gasteiger partial charge in [0.15, 0.2) is 0 Å². The van der Waals surface area contributed by atoms with E-state index >= 15 is 0 Å². The first kappa shape index (κ1) is 14.2. The van der Waals surface area contributed by atoms with Crippen LogP contribution in [-0.4, -0.2) is 4.98 Å². The van der Waals surface area contributed by atoms with E-state index in [9.17, 15) is 0 Å². The molecular formula is C15H15Cl2NO. The lowest BCUT2D eigenvalue weighted by molar-refractivity contribution is 0.460. The number of alkyl halides is 1. The normalized spacial score (nSPS) is 10.5. The summed E-state index contributed by atoms with van der Waals surface area (Å²) in [5.74, 6) is 1.58. The molecule has 0 amide bonds. The van der Waals surface area contributed by atoms with Gasteiger partial charge in [0.05, 0.1) is 5.02 Å². The number of aromatic nitrogens is 1. The van der Waals surface area contributed by atoms with Crippen molar-refractivity contribution in [3.63, 3.8) is 0 Å². The standard InChI is InChI=1S/C15H15Cl2NO/c1-2-5-12-8-11(10-16)9-15(18-12)19-14-7-4-3-6-13(14)17/h3-4,6-9H,2,5,10H2,1H3. The van der Waals surface area contributed by atoms with E-state index < -0.39 is 0 Å². The lowest BCUT2D eigenvalue weighted by atomic mass is 10.2. The zero-order valence-corrected chi connectivity index (χ0v) is 12.2. The van der Waals surface area contributed by atoms with E-state index in [0.29, 0.717) is 22.5 Å². The summed E-state index contributed by atoms with van der Waals surface area (Å²) in [4.78, 5) is 4.47. The first-order valence-electron chi connectivity index (χ1n) is 6.21. The van der Waals surface area contributed by atoms with Crippen molar-refractivity contribution < 1.29 is 4.74 Å². The molecule has 0 aliphatic rings. The number of hydrogen-bond acceptors (Lipinski definition) is 2. The van der Waals surface area contributed by atoms with E-state index in [1.807, 2.05) is 30.3 Å². The van der Waals surface area contributed by atoms with E-state index in [4.69, 9.17) is 27.9 Å². The summed E-state index contributed by atoms with van der Waals surface area (Å²) < 4.78 is 5.74. The molecule has 2 rings (SSSR count). The van der Waals surface area contributed by atoms with Crippen molar-refractivity contribution in [1.82, 2.24) is 4.98 Å². The van der Waals surface area contributed by atoms with Gasteiger partial charge < -0.3 is 4.74 Å². The van der Waals surface area contributed by atoms with Gasteiger partial charge in [0.25, 0.3) is 0 Å². The van der Waals surface area contributed by atoms with Crippen LogP contribution < -0.4 is 4.74 Å². The monoisotopic (exact) mass is 295 g/mol. The van der Waals surface area contributed by atoms with Crippen LogP contribution in [0, 0.1) is 0 Å². The number of rotatable bonds is 5. The van der Waals surface area contributed by atoms with Gasteiger partial charge in [-0.15, -0.1) is 11.6 Å². The Balaban J connectivity index is 2.29. The van der Waals surface area contributed by atoms with Gasteiger partial charge in [0.2, 0.25) is 5.88 Å². The fourth-order valence-corrected chi connectivity index (χ4v) is 2.10. The zero-order chi connectivity index (χ0) is 13.7. The zero-order valence-electron chi connectivity index (χ0n) is 10.7. The van der Waals surface area contributed by atoms with Crippen molar-refractivity contribution in [1.29, 1.82) is 0 Å². The van der Waals surface area contributed by atoms with E-state index in [0.717, 1.165) is 24.1 Å². The summed E-state index contributed by atoms with van der Waals surface area (Å²) in [5.41, 5.74) is 1.99. The summed E-state index contributed by atoms with van der Waals surface area (Å²) >= 11 is 12.0. The van der Waals surface area contributed by atoms with Crippen LogP contribution in [-0.2, 0) is 12.3 Å². The summed E-state index contributed by atoms with van der Waals surface area (Å²) in [6.07, 6.45) is 1.94. The predicted molar refractivity (Wildman–Crippen MR) is 79.3 cm³/mol. The Morgan fingerprint density at radius 2 is 2.00 bits per heavy atom. The van der Waals surface area contributed by atoms with E-state index in [2.05, 4.69) is 11.9 Å². The first-order valence-corrected chi connectivity index (χ1v) is 7.12. The van der Waals surface area contributed by atoms with Gasteiger partial charge in [-0.3, -0.25) is 0 Å². The number of ether oxygens (including phenoxy) is 1. The van der Waals surface area contributed by atoms with Crippen LogP contribution in [0.25, 0.3) is 0 Å². The smallest absolute Gasteiger partial charge is 0.219 e. The maximum absolute atomic E-state index is 6.07. The second kappa shape index (κ2) is 6.78. The Labute approximate surface area is 123 Å². The quantitative estimate of drug-likeness (QED) is 0.706. The fourth-order valence-electron chi connectivity index (χ4n) is 1.77. The third kappa shape index (κ3) is 3.85. The number of halogens is 2. The van der Waals surface area contributed by atoms with Crippen LogP contribution >= 0.6 is 23.2 Å². The number of aryl methyl sites for hydroxylation is 1. The molecule has 0 spiro atoms. The molecule has 1 aromatic carbocycles. The summed E-state index contributed by atoms with van der Waals surface area (Å²) in [5, 5.41) is 0.567. The highest BCUT2D eigenvalue weighted by atomic mass is 35.5. The molecule has 2 aromatic rings. The lowest BCUT2D eigenvalue weighted by Crippen LogP contribution is -1.96. The molecule has 19 heavy (non-hydrogen) atoms. The molecule has 0 unspecified atom stereocenters. The van der Waals surface area contributed by atoms with Crippen molar-refractivity contribution >= 4 is 23.2 Å². The largest absolute Gasteiger partial charge is 0.437 e. The molecule has 4 heteroatoms. The third-order valence-electron chi connectivity index (χ3n) is 2.63. The number of benzene rings is 1. The van der Waals surface area contributed by atoms with Crippen molar-refractivity contribution in [2.45, 2.75) is 25.6 Å². The predicted octanol–water partition coefficient (Wildman–Crippen LogP) is 5.22. The van der Waals surface area contributed by atoms with Gasteiger partial charge in [-0.2, -0.15) is 0 Å². The fraction of sp³-hybridized carbons (Fsp3) is 0.267. The second-order valence-corrected chi connectivity index (χ2v) is 4.90. The average molecular weight is 296 g/mol. The topological polar surface area (TPSA) is 22.1 Å². The third-order valence-corrected chi connectivity index (χ3v) is 3.25. The Morgan fingerprint density at radius 1 is 1.21 bits per heavy atom. The van der Waals surface area contributed by atoms with Crippen LogP contribution in [0.1, 0.15) is 24.6 Å². The van der Waals surface area contributed by atoms with Crippen LogP contribution in [0.3, 0.4) is 0 Å². The van der Waals surface area contributed by atoms with Crippen molar-refractivity contribution in [3.05, 3.63) is 52.7 Å². The molecule has 0 N–H and O–H groups in total. The SMILES string of the molecule is CCCc1cc(CCl)cc(Oc2ccccc2Cl)n1. The highest BCUT2D eigenvalue weighted by Gasteiger charge is 2.06. The van der Waals surface area contributed by atoms with Gasteiger partial charge in [-0.25, -0.2) is 4.98 Å². The molecule has 0 aliphatic carbocycles. The maximum atomic E-state index is 6.07. The number of hydrogen-bond donors (Lipinski definition) is 0. The average Bonchev–Trinajstić information content (AvgIpc) is 2.41. The number of para-hydroxylation sites is 1. The Kier molecular flexibility index (Phi) is 5.06. The maximum Gasteiger partial charge on any atom is 0.219 e. The van der Waals surface area contributed by atoms with Crippen LogP contribution in [0.15, 0.2) is 36.4 Å². The molecule has 0 saturated carbocycles. The highest BCUT2D eigenvalue weighted by Crippen LogP contribution is 2.28. The van der Waals surface area contributed by atoms with E-state index in [-0.39, 0.29) is 0 Å². The van der Waals surface area contributed by atoms with Crippen LogP contribution in [0.4, 0.5) is 0 Å². The van der Waals surface area contributed by atoms with Crippen molar-refractivity contribution in [3.8, 4) is 11.6 Å². The van der Waals surface area contributed by atoms with Gasteiger partial charge in [-0.1, -0.05) is 37.1 Å². The minimum absolute atomic E-state index is 0.443. The molecule has 0 aliphatic heterocycles. The molecule has 0 saturated heterocycles. The molecule has 1 heterocycles. The van der Waals surface area contributed by atoms with Crippen LogP contribution in [0.5, 0.6) is 11.6 Å². The lowest BCUT2D eigenvalue weighted by Gasteiger charge is -2.09. The Morgan fingerprint density at radius 3 is 2.68 bits per heavy atom. The number of pyridine rings is 1. The van der Waals surface area contributed by atoms with Gasteiger partial charge in [-0.05, 0) is 30.2 Å². The van der Waals surface area contributed by atoms with E-state index in [1.165, 1.54) is 0 Å². The van der Waals surface area contributed by atoms with Gasteiger partial charge in [0, 0.05) is 17.6 Å².